The van der Waals surface area contributed by atoms with E-state index in [1.807, 2.05) is 37.3 Å². The lowest BCUT2D eigenvalue weighted by molar-refractivity contribution is 0.262. The van der Waals surface area contributed by atoms with Crippen molar-refractivity contribution in [1.82, 2.24) is 9.97 Å². The van der Waals surface area contributed by atoms with Crippen LogP contribution >= 0.6 is 0 Å². The topological polar surface area (TPSA) is 66.9 Å². The van der Waals surface area contributed by atoms with E-state index in [1.165, 1.54) is 0 Å². The third-order valence-corrected chi connectivity index (χ3v) is 2.24. The van der Waals surface area contributed by atoms with E-state index in [9.17, 15) is 4.79 Å². The third-order valence-electron chi connectivity index (χ3n) is 2.24. The van der Waals surface area contributed by atoms with Gasteiger partial charge in [0, 0.05) is 17.4 Å². The Morgan fingerprint density at radius 1 is 1.06 bits per heavy atom. The first-order valence-electron chi connectivity index (χ1n) is 5.59. The van der Waals surface area contributed by atoms with Crippen LogP contribution in [0, 0.1) is 13.8 Å². The van der Waals surface area contributed by atoms with E-state index in [0.29, 0.717) is 11.6 Å². The summed E-state index contributed by atoms with van der Waals surface area (Å²) in [4.78, 5) is 20.0. The molecule has 0 radical (unpaired) electrons. The Balaban J connectivity index is 2.03. The highest BCUT2D eigenvalue weighted by Gasteiger charge is 2.04. The molecule has 1 heterocycles. The molecule has 18 heavy (non-hydrogen) atoms. The highest BCUT2D eigenvalue weighted by atomic mass is 16.2. The van der Waals surface area contributed by atoms with Gasteiger partial charge in [-0.3, -0.25) is 5.32 Å². The summed E-state index contributed by atoms with van der Waals surface area (Å²) in [7, 11) is 0. The number of hydrogen-bond acceptors (Lipinski definition) is 3. The number of carbonyl (C=O) groups excluding carboxylic acids is 1. The lowest BCUT2D eigenvalue weighted by atomic mass is 10.3. The largest absolute Gasteiger partial charge is 0.324 e. The summed E-state index contributed by atoms with van der Waals surface area (Å²) in [5.41, 5.74) is 1.55. The maximum absolute atomic E-state index is 11.7. The van der Waals surface area contributed by atoms with Gasteiger partial charge in [0.05, 0.1) is 0 Å². The highest BCUT2D eigenvalue weighted by Crippen LogP contribution is 2.08. The van der Waals surface area contributed by atoms with Crippen molar-refractivity contribution >= 4 is 17.5 Å². The molecule has 2 N–H and O–H groups in total. The minimum Gasteiger partial charge on any atom is -0.308 e. The molecule has 0 spiro atoms. The summed E-state index contributed by atoms with van der Waals surface area (Å²) < 4.78 is 0. The molecule has 0 aliphatic heterocycles. The fourth-order valence-corrected chi connectivity index (χ4v) is 1.58. The zero-order valence-electron chi connectivity index (χ0n) is 10.3. The van der Waals surface area contributed by atoms with Gasteiger partial charge in [-0.15, -0.1) is 0 Å². The standard InChI is InChI=1S/C13H14N4O/c1-9-8-12(15-10(2)14-9)17-13(18)16-11-6-4-3-5-7-11/h3-8H,1-2H3,(H2,14,15,16,17,18). The van der Waals surface area contributed by atoms with Crippen LogP contribution in [0.25, 0.3) is 0 Å². The van der Waals surface area contributed by atoms with Crippen LogP contribution in [0.4, 0.5) is 16.3 Å². The fraction of sp³-hybridized carbons (Fsp3) is 0.154. The molecule has 0 fully saturated rings. The molecule has 5 nitrogen and oxygen atoms in total. The molecule has 0 saturated carbocycles. The number of rotatable bonds is 2. The molecule has 92 valence electrons. The summed E-state index contributed by atoms with van der Waals surface area (Å²) in [6.07, 6.45) is 0. The highest BCUT2D eigenvalue weighted by molar-refractivity contribution is 5.99. The van der Waals surface area contributed by atoms with Crippen LogP contribution in [0.2, 0.25) is 0 Å². The smallest absolute Gasteiger partial charge is 0.308 e. The van der Waals surface area contributed by atoms with Gasteiger partial charge in [-0.25, -0.2) is 14.8 Å². The van der Waals surface area contributed by atoms with Crippen molar-refractivity contribution in [2.75, 3.05) is 10.6 Å². The van der Waals surface area contributed by atoms with Crippen LogP contribution in [-0.2, 0) is 0 Å². The maximum atomic E-state index is 11.7. The van der Waals surface area contributed by atoms with Crippen LogP contribution in [0.5, 0.6) is 0 Å². The van der Waals surface area contributed by atoms with Gasteiger partial charge >= 0.3 is 6.03 Å². The number of hydrogen-bond donors (Lipinski definition) is 2. The fourth-order valence-electron chi connectivity index (χ4n) is 1.58. The molecule has 1 aromatic heterocycles. The Bertz CT molecular complexity index is 534. The number of benzene rings is 1. The lowest BCUT2D eigenvalue weighted by Gasteiger charge is -2.07. The van der Waals surface area contributed by atoms with Gasteiger partial charge in [0.25, 0.3) is 0 Å². The number of aromatic nitrogens is 2. The summed E-state index contributed by atoms with van der Waals surface area (Å²) in [6.45, 7) is 3.64. The monoisotopic (exact) mass is 242 g/mol. The van der Waals surface area contributed by atoms with Gasteiger partial charge in [0.1, 0.15) is 11.6 Å². The molecule has 2 aromatic rings. The SMILES string of the molecule is Cc1cc(NC(=O)Nc2ccccc2)nc(C)n1. The van der Waals surface area contributed by atoms with Gasteiger partial charge in [-0.2, -0.15) is 0 Å². The van der Waals surface area contributed by atoms with Crippen molar-refractivity contribution < 1.29 is 4.79 Å². The molecule has 2 amide bonds. The average Bonchev–Trinajstić information content (AvgIpc) is 2.28. The van der Waals surface area contributed by atoms with E-state index in [1.54, 1.807) is 13.0 Å². The second kappa shape index (κ2) is 5.27. The van der Waals surface area contributed by atoms with Crippen LogP contribution in [0.3, 0.4) is 0 Å². The van der Waals surface area contributed by atoms with Crippen LogP contribution < -0.4 is 10.6 Å². The summed E-state index contributed by atoms with van der Waals surface area (Å²) >= 11 is 0. The molecule has 2 rings (SSSR count). The second-order valence-electron chi connectivity index (χ2n) is 3.89. The zero-order valence-corrected chi connectivity index (χ0v) is 10.3. The van der Waals surface area contributed by atoms with E-state index in [4.69, 9.17) is 0 Å². The first-order valence-corrected chi connectivity index (χ1v) is 5.59. The van der Waals surface area contributed by atoms with E-state index in [-0.39, 0.29) is 6.03 Å². The molecule has 0 aliphatic carbocycles. The first kappa shape index (κ1) is 12.0. The zero-order chi connectivity index (χ0) is 13.0. The van der Waals surface area contributed by atoms with Gasteiger partial charge in [0.2, 0.25) is 0 Å². The van der Waals surface area contributed by atoms with E-state index in [2.05, 4.69) is 20.6 Å². The molecular weight excluding hydrogens is 228 g/mol. The maximum Gasteiger partial charge on any atom is 0.324 e. The first-order chi connectivity index (χ1) is 8.63. The van der Waals surface area contributed by atoms with Crippen molar-refractivity contribution in [3.8, 4) is 0 Å². The van der Waals surface area contributed by atoms with E-state index in [0.717, 1.165) is 11.4 Å². The summed E-state index contributed by atoms with van der Waals surface area (Å²) in [5, 5.41) is 5.39. The van der Waals surface area contributed by atoms with Crippen molar-refractivity contribution in [1.29, 1.82) is 0 Å². The normalized spacial score (nSPS) is 9.89. The van der Waals surface area contributed by atoms with Crippen molar-refractivity contribution in [2.24, 2.45) is 0 Å². The van der Waals surface area contributed by atoms with E-state index < -0.39 is 0 Å². The Labute approximate surface area is 105 Å². The van der Waals surface area contributed by atoms with Gasteiger partial charge < -0.3 is 5.32 Å². The average molecular weight is 242 g/mol. The molecule has 5 heteroatoms. The summed E-state index contributed by atoms with van der Waals surface area (Å²) in [6, 6.07) is 10.6. The van der Waals surface area contributed by atoms with Crippen molar-refractivity contribution in [3.63, 3.8) is 0 Å². The number of anilines is 2. The molecule has 0 unspecified atom stereocenters. The number of carbonyl (C=O) groups is 1. The Morgan fingerprint density at radius 3 is 2.44 bits per heavy atom. The number of urea groups is 1. The third kappa shape index (κ3) is 3.28. The second-order valence-corrected chi connectivity index (χ2v) is 3.89. The van der Waals surface area contributed by atoms with Crippen LogP contribution in [-0.4, -0.2) is 16.0 Å². The molecule has 1 aromatic carbocycles. The van der Waals surface area contributed by atoms with Crippen molar-refractivity contribution in [2.45, 2.75) is 13.8 Å². The number of para-hydroxylation sites is 1. The number of nitrogens with zero attached hydrogens (tertiary/aromatic N) is 2. The molecule has 0 saturated heterocycles. The minimum absolute atomic E-state index is 0.321. The van der Waals surface area contributed by atoms with Crippen molar-refractivity contribution in [3.05, 3.63) is 47.9 Å². The number of nitrogens with one attached hydrogen (secondary N) is 2. The molecule has 0 aliphatic rings. The predicted octanol–water partition coefficient (Wildman–Crippen LogP) is 2.74. The molecule has 0 atom stereocenters. The lowest BCUT2D eigenvalue weighted by Crippen LogP contribution is -2.20. The summed E-state index contributed by atoms with van der Waals surface area (Å²) in [5.74, 6) is 1.12. The Morgan fingerprint density at radius 2 is 1.78 bits per heavy atom. The molecule has 0 bridgehead atoms. The van der Waals surface area contributed by atoms with Gasteiger partial charge in [0.15, 0.2) is 0 Å². The quantitative estimate of drug-likeness (QED) is 0.850. The number of aryl methyl sites for hydroxylation is 2. The van der Waals surface area contributed by atoms with Gasteiger partial charge in [-0.1, -0.05) is 18.2 Å². The molecular formula is C13H14N4O. The van der Waals surface area contributed by atoms with E-state index >= 15 is 0 Å². The van der Waals surface area contributed by atoms with Crippen LogP contribution in [0.1, 0.15) is 11.5 Å². The Kier molecular flexibility index (Phi) is 3.52. The Hall–Kier alpha value is -2.43. The predicted molar refractivity (Wildman–Crippen MR) is 70.6 cm³/mol. The number of amides is 2. The van der Waals surface area contributed by atoms with Gasteiger partial charge in [-0.05, 0) is 26.0 Å². The minimum atomic E-state index is -0.321. The van der Waals surface area contributed by atoms with Crippen LogP contribution in [0.15, 0.2) is 36.4 Å².